The average Bonchev–Trinajstić information content (AvgIpc) is 3.66. The topological polar surface area (TPSA) is 105 Å². The van der Waals surface area contributed by atoms with Crippen molar-refractivity contribution < 1.29 is 23.5 Å². The Morgan fingerprint density at radius 3 is 2.38 bits per heavy atom. The van der Waals surface area contributed by atoms with Gasteiger partial charge < -0.3 is 19.9 Å². The highest BCUT2D eigenvalue weighted by Crippen LogP contribution is 2.34. The molecular weight excluding hydrogens is 537 g/mol. The summed E-state index contributed by atoms with van der Waals surface area (Å²) in [5, 5.41) is 3.19. The van der Waals surface area contributed by atoms with Crippen LogP contribution < -0.4 is 5.32 Å². The van der Waals surface area contributed by atoms with Gasteiger partial charge in [0.25, 0.3) is 5.91 Å². The summed E-state index contributed by atoms with van der Waals surface area (Å²) in [6.45, 7) is 11.2. The van der Waals surface area contributed by atoms with E-state index < -0.39 is 0 Å². The van der Waals surface area contributed by atoms with Gasteiger partial charge in [-0.2, -0.15) is 0 Å². The first-order valence-electron chi connectivity index (χ1n) is 15.1. The molecule has 1 saturated carbocycles. The quantitative estimate of drug-likeness (QED) is 0.450. The number of carbonyl (C=O) groups excluding carboxylic acids is 3. The van der Waals surface area contributed by atoms with Gasteiger partial charge >= 0.3 is 5.97 Å². The lowest BCUT2D eigenvalue weighted by Gasteiger charge is -2.26. The summed E-state index contributed by atoms with van der Waals surface area (Å²) in [6, 6.07) is 6.11. The number of aromatic nitrogens is 2. The van der Waals surface area contributed by atoms with Gasteiger partial charge in [-0.1, -0.05) is 26.0 Å². The van der Waals surface area contributed by atoms with Crippen molar-refractivity contribution in [3.63, 3.8) is 0 Å². The predicted octanol–water partition coefficient (Wildman–Crippen LogP) is 3.85. The summed E-state index contributed by atoms with van der Waals surface area (Å²) in [7, 11) is 0. The lowest BCUT2D eigenvalue weighted by atomic mass is 10.0. The summed E-state index contributed by atoms with van der Waals surface area (Å²) < 4.78 is 19.7. The molecule has 0 bridgehead atoms. The van der Waals surface area contributed by atoms with Crippen LogP contribution in [0.4, 0.5) is 4.39 Å². The van der Waals surface area contributed by atoms with E-state index in [1.54, 1.807) is 19.9 Å². The van der Waals surface area contributed by atoms with Crippen LogP contribution in [-0.4, -0.2) is 76.4 Å². The molecule has 10 heteroatoms. The van der Waals surface area contributed by atoms with Crippen molar-refractivity contribution in [1.82, 2.24) is 25.1 Å². The Kier molecular flexibility index (Phi) is 9.20. The molecule has 0 radical (unpaired) electrons. The summed E-state index contributed by atoms with van der Waals surface area (Å²) >= 11 is 0. The minimum atomic E-state index is -0.331. The molecule has 3 fully saturated rings. The first-order valence-corrected chi connectivity index (χ1v) is 15.1. The van der Waals surface area contributed by atoms with Gasteiger partial charge in [-0.25, -0.2) is 14.4 Å². The third-order valence-electron chi connectivity index (χ3n) is 9.10. The van der Waals surface area contributed by atoms with E-state index in [2.05, 4.69) is 20.2 Å². The Morgan fingerprint density at radius 1 is 1.05 bits per heavy atom. The Bertz CT molecular complexity index is 1290. The smallest absolute Gasteiger partial charge is 0.308 e. The molecule has 1 aromatic carbocycles. The van der Waals surface area contributed by atoms with Crippen LogP contribution in [0.2, 0.25) is 0 Å². The van der Waals surface area contributed by atoms with Gasteiger partial charge in [0.15, 0.2) is 0 Å². The zero-order valence-corrected chi connectivity index (χ0v) is 25.0. The molecule has 1 aromatic heterocycles. The maximum absolute atomic E-state index is 14.2. The number of esters is 1. The number of fused-ring (bicyclic) bond motifs is 1. The van der Waals surface area contributed by atoms with Gasteiger partial charge in [-0.05, 0) is 69.1 Å². The van der Waals surface area contributed by atoms with E-state index >= 15 is 0 Å². The number of hydrogen-bond donors (Lipinski definition) is 1. The summed E-state index contributed by atoms with van der Waals surface area (Å²) in [5.41, 5.74) is 2.77. The van der Waals surface area contributed by atoms with Crippen LogP contribution in [0.1, 0.15) is 72.9 Å². The molecule has 9 nitrogen and oxygen atoms in total. The van der Waals surface area contributed by atoms with Crippen molar-refractivity contribution >= 4 is 17.8 Å². The molecule has 2 aliphatic heterocycles. The van der Waals surface area contributed by atoms with Crippen LogP contribution in [0.15, 0.2) is 30.6 Å². The second-order valence-electron chi connectivity index (χ2n) is 12.5. The summed E-state index contributed by atoms with van der Waals surface area (Å²) in [4.78, 5) is 51.3. The van der Waals surface area contributed by atoms with Crippen molar-refractivity contribution in [2.75, 3.05) is 32.7 Å². The average molecular weight is 580 g/mol. The number of nitrogens with one attached hydrogen (secondary N) is 1. The molecule has 0 spiro atoms. The minimum Gasteiger partial charge on any atom is -0.462 e. The van der Waals surface area contributed by atoms with E-state index in [1.165, 1.54) is 18.5 Å². The second kappa shape index (κ2) is 12.9. The Balaban J connectivity index is 1.16. The number of rotatable bonds is 9. The molecular formula is C32H42FN5O4. The van der Waals surface area contributed by atoms with Crippen LogP contribution in [0.25, 0.3) is 0 Å². The van der Waals surface area contributed by atoms with E-state index in [9.17, 15) is 18.8 Å². The molecule has 5 unspecified atom stereocenters. The van der Waals surface area contributed by atoms with E-state index in [1.807, 2.05) is 24.8 Å². The van der Waals surface area contributed by atoms with Gasteiger partial charge in [0.05, 0.1) is 28.9 Å². The Labute approximate surface area is 247 Å². The molecule has 3 heterocycles. The lowest BCUT2D eigenvalue weighted by molar-refractivity contribution is -0.153. The summed E-state index contributed by atoms with van der Waals surface area (Å²) in [5.74, 6) is -0.276. The molecule has 5 rings (SSSR count). The van der Waals surface area contributed by atoms with Crippen molar-refractivity contribution in [2.45, 2.75) is 65.5 Å². The van der Waals surface area contributed by atoms with Gasteiger partial charge in [0.1, 0.15) is 18.2 Å². The van der Waals surface area contributed by atoms with Crippen LogP contribution in [-0.2, 0) is 14.3 Å². The Hall–Kier alpha value is -3.40. The number of halogens is 1. The third kappa shape index (κ3) is 6.80. The molecule has 1 aliphatic carbocycles. The molecule has 226 valence electrons. The van der Waals surface area contributed by atoms with Gasteiger partial charge in [0.2, 0.25) is 5.91 Å². The van der Waals surface area contributed by atoms with Gasteiger partial charge in [-0.3, -0.25) is 14.4 Å². The molecule has 5 atom stereocenters. The number of carbonyl (C=O) groups is 3. The SMILES string of the molecule is Cc1ncnc(C)c1C(=O)N1CC2CN(CCC(NC(=O)C3CCC(OC(=O)C(C)C)C3)c3cccc(F)c3)CC2C1. The first-order chi connectivity index (χ1) is 20.1. The number of hydrogen-bond acceptors (Lipinski definition) is 7. The highest BCUT2D eigenvalue weighted by atomic mass is 19.1. The van der Waals surface area contributed by atoms with Gasteiger partial charge in [-0.15, -0.1) is 0 Å². The number of likely N-dealkylation sites (tertiary alicyclic amines) is 2. The van der Waals surface area contributed by atoms with Crippen molar-refractivity contribution in [2.24, 2.45) is 23.7 Å². The minimum absolute atomic E-state index is 0.00792. The van der Waals surface area contributed by atoms with E-state index in [0.717, 1.165) is 25.2 Å². The predicted molar refractivity (Wildman–Crippen MR) is 155 cm³/mol. The zero-order chi connectivity index (χ0) is 30.0. The van der Waals surface area contributed by atoms with Gasteiger partial charge in [0, 0.05) is 38.6 Å². The van der Waals surface area contributed by atoms with E-state index in [0.29, 0.717) is 67.6 Å². The first kappa shape index (κ1) is 30.1. The third-order valence-corrected chi connectivity index (χ3v) is 9.10. The fourth-order valence-corrected chi connectivity index (χ4v) is 6.73. The molecule has 2 amide bonds. The molecule has 2 saturated heterocycles. The van der Waals surface area contributed by atoms with Crippen molar-refractivity contribution in [3.05, 3.63) is 58.9 Å². The van der Waals surface area contributed by atoms with Crippen LogP contribution in [0, 0.1) is 43.3 Å². The number of benzene rings is 1. The van der Waals surface area contributed by atoms with Crippen molar-refractivity contribution in [3.8, 4) is 0 Å². The normalized spacial score (nSPS) is 24.6. The summed E-state index contributed by atoms with van der Waals surface area (Å²) in [6.07, 6.45) is 3.76. The van der Waals surface area contributed by atoms with Crippen LogP contribution >= 0.6 is 0 Å². The van der Waals surface area contributed by atoms with Crippen molar-refractivity contribution in [1.29, 1.82) is 0 Å². The monoisotopic (exact) mass is 579 g/mol. The number of aryl methyl sites for hydroxylation is 2. The number of amides is 2. The standard InChI is InChI=1S/C32H42FN5O4/c1-19(2)32(41)42-27-9-8-23(13-27)30(39)36-28(22-6-5-7-26(33)12-22)10-11-37-14-24-16-38(17-25(24)15-37)31(40)29-20(3)34-18-35-21(29)4/h5-7,12,18-19,23-25,27-28H,8-11,13-17H2,1-4H3,(H,36,39). The second-order valence-corrected chi connectivity index (χ2v) is 12.5. The number of ether oxygens (including phenoxy) is 1. The lowest BCUT2D eigenvalue weighted by Crippen LogP contribution is -2.37. The maximum atomic E-state index is 14.2. The maximum Gasteiger partial charge on any atom is 0.308 e. The van der Waals surface area contributed by atoms with Crippen LogP contribution in [0.5, 0.6) is 0 Å². The molecule has 1 N–H and O–H groups in total. The number of nitrogens with zero attached hydrogens (tertiary/aromatic N) is 4. The molecule has 3 aliphatic rings. The molecule has 2 aromatic rings. The Morgan fingerprint density at radius 2 is 1.74 bits per heavy atom. The molecule has 42 heavy (non-hydrogen) atoms. The van der Waals surface area contributed by atoms with Crippen LogP contribution in [0.3, 0.4) is 0 Å². The van der Waals surface area contributed by atoms with E-state index in [4.69, 9.17) is 4.74 Å². The van der Waals surface area contributed by atoms with E-state index in [-0.39, 0.29) is 47.6 Å². The largest absolute Gasteiger partial charge is 0.462 e. The fourth-order valence-electron chi connectivity index (χ4n) is 6.73. The zero-order valence-electron chi connectivity index (χ0n) is 25.0. The fraction of sp³-hybridized carbons (Fsp3) is 0.594. The highest BCUT2D eigenvalue weighted by Gasteiger charge is 2.42. The highest BCUT2D eigenvalue weighted by molar-refractivity contribution is 5.96.